The highest BCUT2D eigenvalue weighted by Gasteiger charge is 2.54. The minimum atomic E-state index is -4.56. The van der Waals surface area contributed by atoms with Crippen LogP contribution in [0.2, 0.25) is 0 Å². The van der Waals surface area contributed by atoms with E-state index in [-0.39, 0.29) is 30.0 Å². The summed E-state index contributed by atoms with van der Waals surface area (Å²) in [5.74, 6) is 0.712. The van der Waals surface area contributed by atoms with Gasteiger partial charge in [-0.05, 0) is 55.6 Å². The molecule has 3 N–H and O–H groups in total. The van der Waals surface area contributed by atoms with E-state index < -0.39 is 17.7 Å². The van der Waals surface area contributed by atoms with Crippen LogP contribution in [0.15, 0.2) is 40.4 Å². The first kappa shape index (κ1) is 22.1. The van der Waals surface area contributed by atoms with E-state index in [1.165, 1.54) is 17.8 Å². The van der Waals surface area contributed by atoms with E-state index in [9.17, 15) is 17.6 Å². The lowest BCUT2D eigenvalue weighted by Gasteiger charge is -2.45. The van der Waals surface area contributed by atoms with E-state index in [1.807, 2.05) is 17.9 Å². The summed E-state index contributed by atoms with van der Waals surface area (Å²) >= 11 is 1.19. The molecule has 2 aliphatic rings. The smallest absolute Gasteiger partial charge is 0.350 e. The molecule has 8 nitrogen and oxygen atoms in total. The van der Waals surface area contributed by atoms with Gasteiger partial charge in [0.05, 0.1) is 24.1 Å². The van der Waals surface area contributed by atoms with E-state index in [1.54, 1.807) is 18.2 Å². The Morgan fingerprint density at radius 3 is 2.57 bits per heavy atom. The Hall–Kier alpha value is -3.35. The van der Waals surface area contributed by atoms with Gasteiger partial charge in [-0.3, -0.25) is 5.10 Å². The number of halogens is 4. The Kier molecular flexibility index (Phi) is 4.95. The number of benzene rings is 1. The number of fused-ring (bicyclic) bond motifs is 1. The fourth-order valence-corrected chi connectivity index (χ4v) is 5.01. The Morgan fingerprint density at radius 2 is 1.89 bits per heavy atom. The molecule has 13 heteroatoms. The van der Waals surface area contributed by atoms with E-state index in [2.05, 4.69) is 35.5 Å². The highest BCUT2D eigenvalue weighted by Crippen LogP contribution is 2.48. The van der Waals surface area contributed by atoms with Gasteiger partial charge in [-0.1, -0.05) is 0 Å². The lowest BCUT2D eigenvalue weighted by Crippen LogP contribution is -2.60. The van der Waals surface area contributed by atoms with Gasteiger partial charge in [-0.2, -0.15) is 18.3 Å². The van der Waals surface area contributed by atoms with Gasteiger partial charge in [0.1, 0.15) is 17.3 Å². The summed E-state index contributed by atoms with van der Waals surface area (Å²) in [6.07, 6.45) is -2.71. The van der Waals surface area contributed by atoms with Gasteiger partial charge in [0, 0.05) is 22.7 Å². The lowest BCUT2D eigenvalue weighted by atomic mass is 9.91. The standard InChI is InChI=1S/C22H20F4N8S/c1-11-6-17(33-32-11)29-16-8-18(34-9-21(23,10-34)12-2-3-12)31-20(30-16)35-13-4-5-14-15(7-13)28-19(27-14)22(24,25)26/h4-8,12H,2-3,9-10H2,1H3,(H,27,28)(H2,29,30,31,32,33). The number of aromatic nitrogens is 6. The number of nitrogens with zero attached hydrogens (tertiary/aromatic N) is 5. The number of imidazole rings is 1. The molecule has 1 aliphatic carbocycles. The van der Waals surface area contributed by atoms with Crippen molar-refractivity contribution in [3.8, 4) is 0 Å². The number of hydrogen-bond acceptors (Lipinski definition) is 7. The molecule has 1 aromatic carbocycles. The molecule has 0 unspecified atom stereocenters. The number of aryl methyl sites for hydroxylation is 1. The van der Waals surface area contributed by atoms with Crippen molar-refractivity contribution in [2.24, 2.45) is 5.92 Å². The first-order valence-corrected chi connectivity index (χ1v) is 11.8. The van der Waals surface area contributed by atoms with Crippen molar-refractivity contribution in [2.45, 2.75) is 41.7 Å². The number of alkyl halides is 4. The van der Waals surface area contributed by atoms with Gasteiger partial charge in [0.2, 0.25) is 5.82 Å². The maximum absolute atomic E-state index is 14.9. The zero-order valence-corrected chi connectivity index (χ0v) is 19.3. The van der Waals surface area contributed by atoms with Crippen LogP contribution < -0.4 is 10.2 Å². The van der Waals surface area contributed by atoms with Gasteiger partial charge in [0.25, 0.3) is 0 Å². The normalized spacial score (nSPS) is 17.6. The van der Waals surface area contributed by atoms with Crippen LogP contribution >= 0.6 is 11.8 Å². The largest absolute Gasteiger partial charge is 0.449 e. The predicted octanol–water partition coefficient (Wildman–Crippen LogP) is 5.24. The molecule has 1 saturated carbocycles. The second-order valence-electron chi connectivity index (χ2n) is 8.98. The minimum absolute atomic E-state index is 0.127. The van der Waals surface area contributed by atoms with Crippen molar-refractivity contribution in [3.05, 3.63) is 41.9 Å². The van der Waals surface area contributed by atoms with Gasteiger partial charge >= 0.3 is 6.18 Å². The molecule has 4 aromatic rings. The van der Waals surface area contributed by atoms with Crippen LogP contribution in [0.3, 0.4) is 0 Å². The average Bonchev–Trinajstić information content (AvgIpc) is 3.41. The van der Waals surface area contributed by atoms with Gasteiger partial charge in [-0.25, -0.2) is 19.3 Å². The van der Waals surface area contributed by atoms with Crippen molar-refractivity contribution >= 4 is 40.2 Å². The van der Waals surface area contributed by atoms with Crippen LogP contribution in [0, 0.1) is 12.8 Å². The number of hydrogen-bond donors (Lipinski definition) is 3. The topological polar surface area (TPSA) is 98.4 Å². The Labute approximate surface area is 200 Å². The van der Waals surface area contributed by atoms with Crippen LogP contribution in [0.4, 0.5) is 35.0 Å². The lowest BCUT2D eigenvalue weighted by molar-refractivity contribution is -0.144. The summed E-state index contributed by atoms with van der Waals surface area (Å²) in [5.41, 5.74) is 0.176. The van der Waals surface area contributed by atoms with Crippen molar-refractivity contribution in [1.29, 1.82) is 0 Å². The fraction of sp³-hybridized carbons (Fsp3) is 0.364. The molecule has 1 aliphatic heterocycles. The first-order valence-electron chi connectivity index (χ1n) is 11.0. The monoisotopic (exact) mass is 504 g/mol. The van der Waals surface area contributed by atoms with E-state index in [0.717, 1.165) is 18.5 Å². The second kappa shape index (κ2) is 7.83. The molecule has 6 rings (SSSR count). The summed E-state index contributed by atoms with van der Waals surface area (Å²) in [4.78, 5) is 17.6. The summed E-state index contributed by atoms with van der Waals surface area (Å²) in [6.45, 7) is 2.43. The summed E-state index contributed by atoms with van der Waals surface area (Å²) in [7, 11) is 0. The highest BCUT2D eigenvalue weighted by molar-refractivity contribution is 7.99. The molecule has 1 saturated heterocycles. The third-order valence-corrected chi connectivity index (χ3v) is 6.98. The average molecular weight is 505 g/mol. The summed E-state index contributed by atoms with van der Waals surface area (Å²) in [6, 6.07) is 8.32. The number of anilines is 3. The number of rotatable bonds is 6. The fourth-order valence-electron chi connectivity index (χ4n) is 4.20. The van der Waals surface area contributed by atoms with Crippen LogP contribution in [0.25, 0.3) is 11.0 Å². The number of aromatic amines is 2. The van der Waals surface area contributed by atoms with Crippen molar-refractivity contribution in [2.75, 3.05) is 23.3 Å². The summed E-state index contributed by atoms with van der Waals surface area (Å²) < 4.78 is 54.0. The van der Waals surface area contributed by atoms with Crippen LogP contribution in [0.5, 0.6) is 0 Å². The molecule has 3 aromatic heterocycles. The molecule has 0 bridgehead atoms. The molecule has 4 heterocycles. The quantitative estimate of drug-likeness (QED) is 0.244. The highest BCUT2D eigenvalue weighted by atomic mass is 32.2. The van der Waals surface area contributed by atoms with Crippen molar-refractivity contribution in [3.63, 3.8) is 0 Å². The third-order valence-electron chi connectivity index (χ3n) is 6.13. The molecule has 0 atom stereocenters. The molecule has 182 valence electrons. The second-order valence-corrected chi connectivity index (χ2v) is 10.0. The zero-order chi connectivity index (χ0) is 24.4. The van der Waals surface area contributed by atoms with Crippen molar-refractivity contribution in [1.82, 2.24) is 30.1 Å². The molecule has 2 fully saturated rings. The molecule has 0 spiro atoms. The van der Waals surface area contributed by atoms with Gasteiger partial charge in [-0.15, -0.1) is 0 Å². The van der Waals surface area contributed by atoms with Crippen molar-refractivity contribution < 1.29 is 17.6 Å². The van der Waals surface area contributed by atoms with E-state index in [4.69, 9.17) is 0 Å². The van der Waals surface area contributed by atoms with E-state index in [0.29, 0.717) is 27.5 Å². The zero-order valence-electron chi connectivity index (χ0n) is 18.4. The Balaban J connectivity index is 1.29. The molecule has 35 heavy (non-hydrogen) atoms. The van der Waals surface area contributed by atoms with Gasteiger partial charge in [0.15, 0.2) is 11.0 Å². The molecular formula is C22H20F4N8S. The van der Waals surface area contributed by atoms with E-state index >= 15 is 0 Å². The molecular weight excluding hydrogens is 484 g/mol. The number of nitrogens with one attached hydrogen (secondary N) is 3. The van der Waals surface area contributed by atoms with Crippen LogP contribution in [-0.2, 0) is 6.18 Å². The van der Waals surface area contributed by atoms with Crippen LogP contribution in [-0.4, -0.2) is 48.9 Å². The Morgan fingerprint density at radius 1 is 1.09 bits per heavy atom. The third kappa shape index (κ3) is 4.40. The minimum Gasteiger partial charge on any atom is -0.350 e. The summed E-state index contributed by atoms with van der Waals surface area (Å²) in [5, 5.41) is 10.5. The molecule has 0 radical (unpaired) electrons. The molecule has 0 amide bonds. The number of H-pyrrole nitrogens is 2. The maximum atomic E-state index is 14.9. The predicted molar refractivity (Wildman–Crippen MR) is 123 cm³/mol. The van der Waals surface area contributed by atoms with Crippen LogP contribution in [0.1, 0.15) is 24.4 Å². The maximum Gasteiger partial charge on any atom is 0.449 e. The SMILES string of the molecule is Cc1cc(Nc2cc(N3CC(F)(C4CC4)C3)nc(Sc3ccc4nc(C(F)(F)F)[nH]c4c3)n2)n[nH]1. The Bertz CT molecular complexity index is 1400. The first-order chi connectivity index (χ1) is 16.6. The van der Waals surface area contributed by atoms with Gasteiger partial charge < -0.3 is 15.2 Å².